The average Bonchev–Trinajstić information content (AvgIpc) is 3.46. The molecule has 1 aromatic heterocycles. The van der Waals surface area contributed by atoms with Crippen molar-refractivity contribution >= 4 is 11.9 Å². The molecule has 1 fully saturated rings. The number of aryl methyl sites for hydroxylation is 1. The van der Waals surface area contributed by atoms with Crippen molar-refractivity contribution in [1.29, 1.82) is 0 Å². The van der Waals surface area contributed by atoms with Crippen LogP contribution in [-0.2, 0) is 22.4 Å². The number of hydrogen-bond donors (Lipinski definition) is 1. The minimum absolute atomic E-state index is 0.0357. The summed E-state index contributed by atoms with van der Waals surface area (Å²) in [7, 11) is 0. The maximum absolute atomic E-state index is 13.1. The van der Waals surface area contributed by atoms with Gasteiger partial charge in [-0.3, -0.25) is 9.59 Å². The normalized spacial score (nSPS) is 16.5. The van der Waals surface area contributed by atoms with Crippen LogP contribution in [-0.4, -0.2) is 33.4 Å². The first kappa shape index (κ1) is 22.6. The Hall–Kier alpha value is -3.61. The number of rotatable bonds is 8. The van der Waals surface area contributed by atoms with E-state index >= 15 is 0 Å². The number of carbonyl (C=O) groups is 2. The SMILES string of the molecule is Cc1ccccc1Oc1ccc(CC(=O)N2CCCC2c2coc(CC(C)C(=O)O)n2)cc1. The van der Waals surface area contributed by atoms with Gasteiger partial charge in [-0.15, -0.1) is 0 Å². The molecule has 33 heavy (non-hydrogen) atoms. The molecule has 0 bridgehead atoms. The lowest BCUT2D eigenvalue weighted by atomic mass is 10.1. The van der Waals surface area contributed by atoms with Gasteiger partial charge < -0.3 is 19.2 Å². The zero-order valence-electron chi connectivity index (χ0n) is 18.9. The summed E-state index contributed by atoms with van der Waals surface area (Å²) in [6.45, 7) is 4.29. The van der Waals surface area contributed by atoms with E-state index in [-0.39, 0.29) is 18.4 Å². The fourth-order valence-corrected chi connectivity index (χ4v) is 4.04. The molecule has 2 atom stereocenters. The van der Waals surface area contributed by atoms with E-state index in [1.807, 2.05) is 60.4 Å². The van der Waals surface area contributed by atoms with Gasteiger partial charge in [0.25, 0.3) is 0 Å². The number of benzene rings is 2. The average molecular weight is 449 g/mol. The second-order valence-electron chi connectivity index (χ2n) is 8.54. The molecular formula is C26H28N2O5. The zero-order chi connectivity index (χ0) is 23.4. The molecule has 1 saturated heterocycles. The topological polar surface area (TPSA) is 92.9 Å². The van der Waals surface area contributed by atoms with E-state index in [1.165, 1.54) is 0 Å². The molecule has 0 saturated carbocycles. The van der Waals surface area contributed by atoms with Crippen molar-refractivity contribution in [3.8, 4) is 11.5 Å². The van der Waals surface area contributed by atoms with E-state index in [0.29, 0.717) is 24.6 Å². The van der Waals surface area contributed by atoms with Crippen LogP contribution in [0.4, 0.5) is 0 Å². The molecule has 2 aromatic carbocycles. The van der Waals surface area contributed by atoms with Crippen LogP contribution in [0.25, 0.3) is 0 Å². The van der Waals surface area contributed by atoms with Crippen LogP contribution in [0.1, 0.15) is 48.5 Å². The Labute approximate surface area is 193 Å². The fraction of sp³-hybridized carbons (Fsp3) is 0.346. The van der Waals surface area contributed by atoms with Crippen molar-refractivity contribution < 1.29 is 23.8 Å². The van der Waals surface area contributed by atoms with Gasteiger partial charge in [-0.1, -0.05) is 37.3 Å². The van der Waals surface area contributed by atoms with Crippen molar-refractivity contribution in [2.75, 3.05) is 6.54 Å². The molecule has 0 spiro atoms. The highest BCUT2D eigenvalue weighted by Crippen LogP contribution is 2.32. The van der Waals surface area contributed by atoms with E-state index in [2.05, 4.69) is 4.98 Å². The van der Waals surface area contributed by atoms with Crippen LogP contribution in [0, 0.1) is 12.8 Å². The lowest BCUT2D eigenvalue weighted by Crippen LogP contribution is -2.32. The Balaban J connectivity index is 1.38. The number of carbonyl (C=O) groups excluding carboxylic acids is 1. The molecule has 7 nitrogen and oxygen atoms in total. The van der Waals surface area contributed by atoms with Gasteiger partial charge in [0.2, 0.25) is 5.91 Å². The predicted molar refractivity (Wildman–Crippen MR) is 122 cm³/mol. The zero-order valence-corrected chi connectivity index (χ0v) is 18.9. The van der Waals surface area contributed by atoms with E-state index in [9.17, 15) is 9.59 Å². The van der Waals surface area contributed by atoms with Crippen LogP contribution in [0.15, 0.2) is 59.2 Å². The summed E-state index contributed by atoms with van der Waals surface area (Å²) in [5.41, 5.74) is 2.67. The van der Waals surface area contributed by atoms with Gasteiger partial charge in [0.1, 0.15) is 23.5 Å². The summed E-state index contributed by atoms with van der Waals surface area (Å²) in [5.74, 6) is 0.506. The lowest BCUT2D eigenvalue weighted by molar-refractivity contribution is -0.141. The number of likely N-dealkylation sites (tertiary alicyclic amines) is 1. The number of ether oxygens (including phenoxy) is 1. The standard InChI is InChI=1S/C26H28N2O5/c1-17-6-3-4-8-23(17)33-20-11-9-19(10-12-20)15-25(29)28-13-5-7-22(28)21-16-32-24(27-21)14-18(2)26(30)31/h3-4,6,8-12,16,18,22H,5,7,13-15H2,1-2H3,(H,30,31). The smallest absolute Gasteiger partial charge is 0.306 e. The molecule has 4 rings (SSSR count). The third-order valence-corrected chi connectivity index (χ3v) is 5.99. The summed E-state index contributed by atoms with van der Waals surface area (Å²) >= 11 is 0. The molecule has 0 radical (unpaired) electrons. The molecular weight excluding hydrogens is 420 g/mol. The molecule has 3 aromatic rings. The number of aliphatic carboxylic acids is 1. The van der Waals surface area contributed by atoms with Crippen molar-refractivity contribution in [2.45, 2.75) is 45.6 Å². The van der Waals surface area contributed by atoms with Crippen LogP contribution < -0.4 is 4.74 Å². The minimum atomic E-state index is -0.886. The number of hydrogen-bond acceptors (Lipinski definition) is 5. The number of oxazole rings is 1. The predicted octanol–water partition coefficient (Wildman–Crippen LogP) is 4.94. The van der Waals surface area contributed by atoms with Gasteiger partial charge in [-0.05, 0) is 49.1 Å². The summed E-state index contributed by atoms with van der Waals surface area (Å²) in [6.07, 6.45) is 3.79. The summed E-state index contributed by atoms with van der Waals surface area (Å²) in [5, 5.41) is 9.09. The number of aromatic nitrogens is 1. The second kappa shape index (κ2) is 9.90. The monoisotopic (exact) mass is 448 g/mol. The van der Waals surface area contributed by atoms with Crippen molar-refractivity contribution in [1.82, 2.24) is 9.88 Å². The van der Waals surface area contributed by atoms with Crippen molar-refractivity contribution in [2.24, 2.45) is 5.92 Å². The van der Waals surface area contributed by atoms with Crippen LogP contribution >= 0.6 is 0 Å². The van der Waals surface area contributed by atoms with Crippen molar-refractivity contribution in [3.05, 3.63) is 77.5 Å². The van der Waals surface area contributed by atoms with E-state index in [4.69, 9.17) is 14.3 Å². The van der Waals surface area contributed by atoms with E-state index < -0.39 is 11.9 Å². The molecule has 0 aliphatic carbocycles. The third-order valence-electron chi connectivity index (χ3n) is 5.99. The molecule has 2 heterocycles. The second-order valence-corrected chi connectivity index (χ2v) is 8.54. The minimum Gasteiger partial charge on any atom is -0.481 e. The first-order chi connectivity index (χ1) is 15.9. The van der Waals surface area contributed by atoms with Gasteiger partial charge >= 0.3 is 5.97 Å². The van der Waals surface area contributed by atoms with Gasteiger partial charge in [0.05, 0.1) is 18.4 Å². The van der Waals surface area contributed by atoms with Crippen LogP contribution in [0.5, 0.6) is 11.5 Å². The highest BCUT2D eigenvalue weighted by Gasteiger charge is 2.32. The van der Waals surface area contributed by atoms with Crippen LogP contribution in [0.2, 0.25) is 0 Å². The number of carboxylic acid groups (broad SMARTS) is 1. The highest BCUT2D eigenvalue weighted by atomic mass is 16.5. The molecule has 172 valence electrons. The first-order valence-electron chi connectivity index (χ1n) is 11.2. The molecule has 2 unspecified atom stereocenters. The Kier molecular flexibility index (Phi) is 6.77. The molecule has 1 N–H and O–H groups in total. The molecule has 7 heteroatoms. The van der Waals surface area contributed by atoms with Gasteiger partial charge in [0.15, 0.2) is 5.89 Å². The van der Waals surface area contributed by atoms with E-state index in [0.717, 1.165) is 35.5 Å². The van der Waals surface area contributed by atoms with E-state index in [1.54, 1.807) is 13.2 Å². The Morgan fingerprint density at radius 1 is 1.21 bits per heavy atom. The number of carboxylic acids is 1. The Morgan fingerprint density at radius 2 is 1.97 bits per heavy atom. The quantitative estimate of drug-likeness (QED) is 0.524. The van der Waals surface area contributed by atoms with Gasteiger partial charge in [-0.25, -0.2) is 4.98 Å². The summed E-state index contributed by atoms with van der Waals surface area (Å²) < 4.78 is 11.4. The van der Waals surface area contributed by atoms with Crippen molar-refractivity contribution in [3.63, 3.8) is 0 Å². The summed E-state index contributed by atoms with van der Waals surface area (Å²) in [6, 6.07) is 15.3. The number of para-hydroxylation sites is 1. The number of nitrogens with zero attached hydrogens (tertiary/aromatic N) is 2. The largest absolute Gasteiger partial charge is 0.481 e. The number of amides is 1. The Morgan fingerprint density at radius 3 is 2.70 bits per heavy atom. The van der Waals surface area contributed by atoms with Gasteiger partial charge in [0, 0.05) is 13.0 Å². The summed E-state index contributed by atoms with van der Waals surface area (Å²) in [4.78, 5) is 30.5. The molecule has 1 aliphatic rings. The highest BCUT2D eigenvalue weighted by molar-refractivity contribution is 5.79. The third kappa shape index (κ3) is 5.42. The Bertz CT molecular complexity index is 1120. The molecule has 1 aliphatic heterocycles. The van der Waals surface area contributed by atoms with Crippen LogP contribution in [0.3, 0.4) is 0 Å². The fourth-order valence-electron chi connectivity index (χ4n) is 4.04. The lowest BCUT2D eigenvalue weighted by Gasteiger charge is -2.23. The molecule has 1 amide bonds. The van der Waals surface area contributed by atoms with Gasteiger partial charge in [-0.2, -0.15) is 0 Å². The maximum Gasteiger partial charge on any atom is 0.306 e. The maximum atomic E-state index is 13.1. The first-order valence-corrected chi connectivity index (χ1v) is 11.2.